The molecule has 0 fully saturated rings. The zero-order valence-corrected chi connectivity index (χ0v) is 14.6. The fourth-order valence-electron chi connectivity index (χ4n) is 3.08. The first-order chi connectivity index (χ1) is 12.1. The summed E-state index contributed by atoms with van der Waals surface area (Å²) >= 11 is 1.71. The van der Waals surface area contributed by atoms with E-state index in [9.17, 15) is 22.4 Å². The van der Waals surface area contributed by atoms with E-state index in [4.69, 9.17) is 11.5 Å². The lowest BCUT2D eigenvalue weighted by Crippen LogP contribution is -2.52. The molecule has 2 aromatic heterocycles. The third kappa shape index (κ3) is 2.65. The van der Waals surface area contributed by atoms with E-state index in [1.165, 1.54) is 0 Å². The van der Waals surface area contributed by atoms with Crippen molar-refractivity contribution in [3.8, 4) is 0 Å². The molecule has 0 aliphatic carbocycles. The number of amides is 2. The number of nitrogen functional groups attached to an aromatic ring is 2. The Hall–Kier alpha value is -2.15. The summed E-state index contributed by atoms with van der Waals surface area (Å²) in [5.41, 5.74) is 10.1. The minimum absolute atomic E-state index is 0.0294. The molecule has 2 amide bonds. The van der Waals surface area contributed by atoms with Gasteiger partial charge in [-0.3, -0.25) is 0 Å². The number of urea groups is 1. The van der Waals surface area contributed by atoms with E-state index in [-0.39, 0.29) is 33.1 Å². The van der Waals surface area contributed by atoms with Crippen LogP contribution in [0.15, 0.2) is 0 Å². The average Bonchev–Trinajstić information content (AvgIpc) is 3.08. The minimum Gasteiger partial charge on any atom is -0.375 e. The van der Waals surface area contributed by atoms with Gasteiger partial charge in [0.05, 0.1) is 35.9 Å². The fraction of sp³-hybridized carbons (Fsp3) is 0.462. The zero-order chi connectivity index (χ0) is 18.9. The third-order valence-electron chi connectivity index (χ3n) is 4.11. The number of carbonyl (C=O) groups is 1. The van der Waals surface area contributed by atoms with Crippen molar-refractivity contribution in [3.05, 3.63) is 21.1 Å². The molecule has 0 bridgehead atoms. The Morgan fingerprint density at radius 2 is 1.27 bits per heavy atom. The summed E-state index contributed by atoms with van der Waals surface area (Å²) in [6.07, 6.45) is 0. The van der Waals surface area contributed by atoms with Crippen molar-refractivity contribution in [1.82, 2.24) is 19.8 Å². The van der Waals surface area contributed by atoms with E-state index in [1.807, 2.05) is 0 Å². The molecule has 2 aromatic rings. The lowest BCUT2D eigenvalue weighted by atomic mass is 10.1. The molecule has 0 spiro atoms. The average molecular weight is 408 g/mol. The van der Waals surface area contributed by atoms with Crippen LogP contribution < -0.4 is 11.5 Å². The van der Waals surface area contributed by atoms with Crippen LogP contribution in [0.2, 0.25) is 0 Å². The summed E-state index contributed by atoms with van der Waals surface area (Å²) < 4.78 is 57.1. The number of nitrogens with zero attached hydrogens (tertiary/aromatic N) is 4. The molecule has 0 atom stereocenters. The Morgan fingerprint density at radius 1 is 0.885 bits per heavy atom. The highest BCUT2D eigenvalue weighted by molar-refractivity contribution is 7.15. The molecule has 140 valence electrons. The Morgan fingerprint density at radius 3 is 1.65 bits per heavy atom. The number of nitrogens with two attached hydrogens (primary N) is 2. The van der Waals surface area contributed by atoms with Crippen LogP contribution in [0.25, 0.3) is 0 Å². The van der Waals surface area contributed by atoms with Crippen LogP contribution in [-0.2, 0) is 24.9 Å². The summed E-state index contributed by atoms with van der Waals surface area (Å²) in [4.78, 5) is 21.9. The zero-order valence-electron chi connectivity index (χ0n) is 13.0. The highest BCUT2D eigenvalue weighted by Gasteiger charge is 2.49. The van der Waals surface area contributed by atoms with Gasteiger partial charge in [-0.05, 0) is 0 Å². The van der Waals surface area contributed by atoms with Crippen LogP contribution in [-0.4, -0.2) is 38.9 Å². The number of alkyl halides is 4. The van der Waals surface area contributed by atoms with E-state index in [0.717, 1.165) is 32.5 Å². The lowest BCUT2D eigenvalue weighted by Gasteiger charge is -2.38. The molecule has 0 saturated heterocycles. The summed E-state index contributed by atoms with van der Waals surface area (Å²) in [7, 11) is 0. The Kier molecular flexibility index (Phi) is 3.60. The number of fused-ring (bicyclic) bond motifs is 2. The number of hydrogen-bond donors (Lipinski definition) is 2. The first-order valence-electron chi connectivity index (χ1n) is 7.37. The monoisotopic (exact) mass is 408 g/mol. The Bertz CT molecular complexity index is 827. The van der Waals surface area contributed by atoms with E-state index in [0.29, 0.717) is 0 Å². The lowest BCUT2D eigenvalue weighted by molar-refractivity contribution is -0.0633. The number of thiazole rings is 2. The highest BCUT2D eigenvalue weighted by atomic mass is 32.1. The summed E-state index contributed by atoms with van der Waals surface area (Å²) in [5.74, 6) is -6.79. The number of aromatic nitrogens is 2. The molecular weight excluding hydrogens is 396 g/mol. The molecule has 4 heterocycles. The van der Waals surface area contributed by atoms with Gasteiger partial charge in [-0.2, -0.15) is 17.6 Å². The third-order valence-corrected chi connectivity index (χ3v) is 5.85. The molecule has 0 aromatic carbocycles. The van der Waals surface area contributed by atoms with Gasteiger partial charge >= 0.3 is 17.9 Å². The van der Waals surface area contributed by atoms with Gasteiger partial charge in [0, 0.05) is 0 Å². The molecule has 26 heavy (non-hydrogen) atoms. The predicted octanol–water partition coefficient (Wildman–Crippen LogP) is 2.40. The molecule has 4 rings (SSSR count). The second kappa shape index (κ2) is 5.42. The second-order valence-corrected chi connectivity index (χ2v) is 8.28. The maximum absolute atomic E-state index is 14.3. The van der Waals surface area contributed by atoms with Crippen molar-refractivity contribution in [2.75, 3.05) is 24.6 Å². The molecule has 2 aliphatic heterocycles. The smallest absolute Gasteiger partial charge is 0.321 e. The van der Waals surface area contributed by atoms with Crippen LogP contribution >= 0.6 is 22.7 Å². The van der Waals surface area contributed by atoms with E-state index in [1.54, 1.807) is 0 Å². The number of hydrogen-bond acceptors (Lipinski definition) is 7. The Labute approximate surface area is 152 Å². The molecule has 7 nitrogen and oxygen atoms in total. The van der Waals surface area contributed by atoms with E-state index in [2.05, 4.69) is 9.97 Å². The summed E-state index contributed by atoms with van der Waals surface area (Å²) in [6.45, 7) is -2.19. The molecular formula is C13H12F4N6OS2. The van der Waals surface area contributed by atoms with Crippen molar-refractivity contribution in [2.24, 2.45) is 0 Å². The number of carbonyl (C=O) groups excluding carboxylic acids is 1. The molecule has 2 aliphatic rings. The first kappa shape index (κ1) is 17.3. The first-order valence-corrected chi connectivity index (χ1v) is 9.01. The quantitative estimate of drug-likeness (QED) is 0.652. The van der Waals surface area contributed by atoms with Crippen molar-refractivity contribution in [1.29, 1.82) is 0 Å². The highest BCUT2D eigenvalue weighted by Crippen LogP contribution is 2.42. The summed E-state index contributed by atoms with van der Waals surface area (Å²) in [6, 6.07) is -0.903. The molecule has 0 radical (unpaired) electrons. The minimum atomic E-state index is -3.39. The predicted molar refractivity (Wildman–Crippen MR) is 87.1 cm³/mol. The molecule has 4 N–H and O–H groups in total. The van der Waals surface area contributed by atoms with Gasteiger partial charge in [-0.25, -0.2) is 14.8 Å². The van der Waals surface area contributed by atoms with Crippen molar-refractivity contribution in [2.45, 2.75) is 24.9 Å². The van der Waals surface area contributed by atoms with Gasteiger partial charge in [0.2, 0.25) is 0 Å². The SMILES string of the molecule is Nc1nc2c(s1)CN(C(=O)N1Cc3sc(N)nc3C(F)(F)C1)CC2(F)F. The summed E-state index contributed by atoms with van der Waals surface area (Å²) in [5, 5.41) is -0.0588. The molecule has 13 heteroatoms. The molecule has 0 saturated carbocycles. The van der Waals surface area contributed by atoms with Crippen LogP contribution in [0.4, 0.5) is 32.6 Å². The van der Waals surface area contributed by atoms with Crippen molar-refractivity contribution < 1.29 is 22.4 Å². The normalized spacial score (nSPS) is 20.6. The largest absolute Gasteiger partial charge is 0.375 e. The fourth-order valence-corrected chi connectivity index (χ4v) is 4.89. The topological polar surface area (TPSA) is 101 Å². The van der Waals surface area contributed by atoms with Gasteiger partial charge < -0.3 is 21.3 Å². The van der Waals surface area contributed by atoms with Gasteiger partial charge in [0.1, 0.15) is 11.4 Å². The second-order valence-electron chi connectivity index (χ2n) is 6.05. The van der Waals surface area contributed by atoms with Crippen LogP contribution in [0.5, 0.6) is 0 Å². The van der Waals surface area contributed by atoms with Gasteiger partial charge in [-0.1, -0.05) is 22.7 Å². The van der Waals surface area contributed by atoms with E-state index < -0.39 is 42.4 Å². The van der Waals surface area contributed by atoms with Gasteiger partial charge in [-0.15, -0.1) is 0 Å². The van der Waals surface area contributed by atoms with Crippen molar-refractivity contribution in [3.63, 3.8) is 0 Å². The standard InChI is InChI=1S/C13H12F4N6OS2/c14-12(15)3-22(1-5-7(12)20-9(18)25-5)11(24)23-2-6-8(13(16,17)4-23)21-10(19)26-6/h1-4H2,(H2,18,20)(H2,19,21). The van der Waals surface area contributed by atoms with Gasteiger partial charge in [0.15, 0.2) is 10.3 Å². The number of anilines is 2. The van der Waals surface area contributed by atoms with Gasteiger partial charge in [0.25, 0.3) is 0 Å². The Balaban J connectivity index is 1.61. The number of rotatable bonds is 0. The van der Waals surface area contributed by atoms with Crippen LogP contribution in [0, 0.1) is 0 Å². The maximum atomic E-state index is 14.3. The van der Waals surface area contributed by atoms with Crippen molar-refractivity contribution >= 4 is 39.0 Å². The molecule has 0 unspecified atom stereocenters. The van der Waals surface area contributed by atoms with Crippen LogP contribution in [0.1, 0.15) is 21.1 Å². The van der Waals surface area contributed by atoms with Crippen LogP contribution in [0.3, 0.4) is 0 Å². The van der Waals surface area contributed by atoms with E-state index >= 15 is 0 Å². The number of halogens is 4. The maximum Gasteiger partial charge on any atom is 0.321 e.